The molecule has 0 atom stereocenters. The molecule has 0 radical (unpaired) electrons. The van der Waals surface area contributed by atoms with Gasteiger partial charge in [-0.25, -0.2) is 0 Å². The van der Waals surface area contributed by atoms with Gasteiger partial charge in [-0.15, -0.1) is 0 Å². The highest BCUT2D eigenvalue weighted by Crippen LogP contribution is 2.31. The molecule has 108 valence electrons. The fourth-order valence-electron chi connectivity index (χ4n) is 1.93. The van der Waals surface area contributed by atoms with Gasteiger partial charge in [0.1, 0.15) is 6.61 Å². The van der Waals surface area contributed by atoms with E-state index in [9.17, 15) is 0 Å². The molecule has 0 fully saturated rings. The van der Waals surface area contributed by atoms with Gasteiger partial charge in [-0.2, -0.15) is 5.10 Å². The van der Waals surface area contributed by atoms with Crippen molar-refractivity contribution in [2.24, 2.45) is 5.73 Å². The van der Waals surface area contributed by atoms with E-state index in [0.29, 0.717) is 30.7 Å². The minimum atomic E-state index is 0.342. The van der Waals surface area contributed by atoms with Gasteiger partial charge >= 0.3 is 0 Å². The van der Waals surface area contributed by atoms with Gasteiger partial charge in [0.05, 0.1) is 12.8 Å². The summed E-state index contributed by atoms with van der Waals surface area (Å²) in [6.45, 7) is 4.98. The fraction of sp³-hybridized carbons (Fsp3) is 0.400. The average Bonchev–Trinajstić information content (AvgIpc) is 2.93. The van der Waals surface area contributed by atoms with Crippen LogP contribution in [0.25, 0.3) is 0 Å². The Balaban J connectivity index is 2.13. The Morgan fingerprint density at radius 1 is 1.30 bits per heavy atom. The average molecular weight is 275 g/mol. The lowest BCUT2D eigenvalue weighted by Crippen LogP contribution is -2.06. The smallest absolute Gasteiger partial charge is 0.166 e. The maximum Gasteiger partial charge on any atom is 0.166 e. The van der Waals surface area contributed by atoms with Crippen molar-refractivity contribution < 1.29 is 9.47 Å². The molecule has 2 aromatic rings. The van der Waals surface area contributed by atoms with Gasteiger partial charge in [0, 0.05) is 24.3 Å². The third-order valence-electron chi connectivity index (χ3n) is 3.06. The normalized spacial score (nSPS) is 10.8. The summed E-state index contributed by atoms with van der Waals surface area (Å²) in [6, 6.07) is 8.00. The number of nitrogens with zero attached hydrogens (tertiary/aromatic N) is 2. The standard InChI is InChI=1S/C15H21N3O2/c1-11(2)18-8-7-13(17-18)10-20-15-12(9-16)5-4-6-14(15)19-3/h4-8,11H,9-10,16H2,1-3H3. The maximum absolute atomic E-state index is 5.85. The Bertz CT molecular complexity index is 542. The van der Waals surface area contributed by atoms with E-state index in [4.69, 9.17) is 15.2 Å². The van der Waals surface area contributed by atoms with Crippen LogP contribution in [0.4, 0.5) is 0 Å². The minimum Gasteiger partial charge on any atom is -0.493 e. The van der Waals surface area contributed by atoms with Crippen LogP contribution in [-0.2, 0) is 13.2 Å². The molecule has 0 saturated heterocycles. The molecule has 20 heavy (non-hydrogen) atoms. The lowest BCUT2D eigenvalue weighted by molar-refractivity contribution is 0.276. The van der Waals surface area contributed by atoms with Gasteiger partial charge in [0.25, 0.3) is 0 Å². The summed E-state index contributed by atoms with van der Waals surface area (Å²) in [5.74, 6) is 1.38. The SMILES string of the molecule is COc1cccc(CN)c1OCc1ccn(C(C)C)n1. The van der Waals surface area contributed by atoms with E-state index in [0.717, 1.165) is 11.3 Å². The Labute approximate surface area is 119 Å². The number of aromatic nitrogens is 2. The summed E-state index contributed by atoms with van der Waals surface area (Å²) in [5, 5.41) is 4.46. The number of ether oxygens (including phenoxy) is 2. The molecule has 0 aliphatic carbocycles. The van der Waals surface area contributed by atoms with Crippen molar-refractivity contribution in [2.75, 3.05) is 7.11 Å². The summed E-state index contributed by atoms with van der Waals surface area (Å²) in [6.07, 6.45) is 1.95. The predicted molar refractivity (Wildman–Crippen MR) is 77.8 cm³/mol. The first kappa shape index (κ1) is 14.4. The number of hydrogen-bond donors (Lipinski definition) is 1. The van der Waals surface area contributed by atoms with E-state index in [1.54, 1.807) is 7.11 Å². The van der Waals surface area contributed by atoms with E-state index in [-0.39, 0.29) is 0 Å². The van der Waals surface area contributed by atoms with Crippen LogP contribution in [0.1, 0.15) is 31.1 Å². The number of rotatable bonds is 6. The number of methoxy groups -OCH3 is 1. The molecule has 1 aromatic carbocycles. The zero-order valence-electron chi connectivity index (χ0n) is 12.2. The van der Waals surface area contributed by atoms with Crippen molar-refractivity contribution in [3.63, 3.8) is 0 Å². The van der Waals surface area contributed by atoms with Crippen molar-refractivity contribution in [1.29, 1.82) is 0 Å². The molecule has 1 aromatic heterocycles. The molecule has 0 saturated carbocycles. The third kappa shape index (κ3) is 3.11. The monoisotopic (exact) mass is 275 g/mol. The van der Waals surface area contributed by atoms with Gasteiger partial charge in [-0.3, -0.25) is 4.68 Å². The molecular formula is C15H21N3O2. The molecule has 5 heteroatoms. The molecular weight excluding hydrogens is 254 g/mol. The van der Waals surface area contributed by atoms with Gasteiger partial charge in [0.2, 0.25) is 0 Å². The molecule has 5 nitrogen and oxygen atoms in total. The highest BCUT2D eigenvalue weighted by Gasteiger charge is 2.10. The molecule has 2 N–H and O–H groups in total. The van der Waals surface area contributed by atoms with E-state index in [2.05, 4.69) is 18.9 Å². The Morgan fingerprint density at radius 2 is 2.10 bits per heavy atom. The van der Waals surface area contributed by atoms with Gasteiger partial charge < -0.3 is 15.2 Å². The first-order valence-electron chi connectivity index (χ1n) is 6.68. The number of hydrogen-bond acceptors (Lipinski definition) is 4. The molecule has 0 spiro atoms. The first-order valence-corrected chi connectivity index (χ1v) is 6.68. The Morgan fingerprint density at radius 3 is 2.70 bits per heavy atom. The van der Waals surface area contributed by atoms with Crippen LogP contribution >= 0.6 is 0 Å². The summed E-state index contributed by atoms with van der Waals surface area (Å²) < 4.78 is 13.1. The second kappa shape index (κ2) is 6.43. The second-order valence-corrected chi connectivity index (χ2v) is 4.82. The number of nitrogens with two attached hydrogens (primary N) is 1. The van der Waals surface area contributed by atoms with Crippen LogP contribution in [0.2, 0.25) is 0 Å². The topological polar surface area (TPSA) is 62.3 Å². The molecule has 0 bridgehead atoms. The van der Waals surface area contributed by atoms with E-state index in [1.807, 2.05) is 35.1 Å². The Kier molecular flexibility index (Phi) is 4.63. The number of benzene rings is 1. The van der Waals surface area contributed by atoms with E-state index >= 15 is 0 Å². The lowest BCUT2D eigenvalue weighted by Gasteiger charge is -2.13. The summed E-state index contributed by atoms with van der Waals surface area (Å²) in [7, 11) is 1.62. The molecule has 0 aliphatic rings. The zero-order valence-corrected chi connectivity index (χ0v) is 12.2. The van der Waals surface area contributed by atoms with Crippen LogP contribution in [-0.4, -0.2) is 16.9 Å². The summed E-state index contributed by atoms with van der Waals surface area (Å²) in [5.41, 5.74) is 7.54. The molecule has 2 rings (SSSR count). The fourth-order valence-corrected chi connectivity index (χ4v) is 1.93. The van der Waals surface area contributed by atoms with Crippen molar-refractivity contribution >= 4 is 0 Å². The van der Waals surface area contributed by atoms with Crippen LogP contribution < -0.4 is 15.2 Å². The molecule has 0 aliphatic heterocycles. The Hall–Kier alpha value is -2.01. The molecule has 0 amide bonds. The largest absolute Gasteiger partial charge is 0.493 e. The van der Waals surface area contributed by atoms with Crippen molar-refractivity contribution in [3.05, 3.63) is 41.7 Å². The van der Waals surface area contributed by atoms with Gasteiger partial charge in [0.15, 0.2) is 11.5 Å². The summed E-state index contributed by atoms with van der Waals surface area (Å²) >= 11 is 0. The van der Waals surface area contributed by atoms with Gasteiger partial charge in [-0.05, 0) is 26.0 Å². The highest BCUT2D eigenvalue weighted by atomic mass is 16.5. The lowest BCUT2D eigenvalue weighted by atomic mass is 10.2. The second-order valence-electron chi connectivity index (χ2n) is 4.82. The predicted octanol–water partition coefficient (Wildman–Crippen LogP) is 2.51. The minimum absolute atomic E-state index is 0.342. The van der Waals surface area contributed by atoms with Crippen LogP contribution in [0, 0.1) is 0 Å². The zero-order chi connectivity index (χ0) is 14.5. The van der Waals surface area contributed by atoms with E-state index in [1.165, 1.54) is 0 Å². The van der Waals surface area contributed by atoms with Gasteiger partial charge in [-0.1, -0.05) is 12.1 Å². The maximum atomic E-state index is 5.85. The molecule has 0 unspecified atom stereocenters. The van der Waals surface area contributed by atoms with E-state index < -0.39 is 0 Å². The highest BCUT2D eigenvalue weighted by molar-refractivity contribution is 5.46. The van der Waals surface area contributed by atoms with Crippen molar-refractivity contribution in [1.82, 2.24) is 9.78 Å². The van der Waals surface area contributed by atoms with Crippen LogP contribution in [0.15, 0.2) is 30.5 Å². The van der Waals surface area contributed by atoms with Crippen LogP contribution in [0.5, 0.6) is 11.5 Å². The quantitative estimate of drug-likeness (QED) is 0.880. The molecule has 1 heterocycles. The van der Waals surface area contributed by atoms with Crippen molar-refractivity contribution in [2.45, 2.75) is 33.0 Å². The van der Waals surface area contributed by atoms with Crippen molar-refractivity contribution in [3.8, 4) is 11.5 Å². The summed E-state index contributed by atoms with van der Waals surface area (Å²) in [4.78, 5) is 0. The third-order valence-corrected chi connectivity index (χ3v) is 3.06. The number of para-hydroxylation sites is 1. The van der Waals surface area contributed by atoms with Crippen LogP contribution in [0.3, 0.4) is 0 Å². The first-order chi connectivity index (χ1) is 9.65.